The monoisotopic (exact) mass is 553 g/mol. The SMILES string of the molecule is CNS(=O)(=O)c1ccc(F)c(Nc2cc(Nc3ccc(OC(F)F)cc3)ncn2)c1.O=C(O)C(F)(F)F. The second kappa shape index (κ2) is 12.2. The van der Waals surface area contributed by atoms with Gasteiger partial charge >= 0.3 is 18.8 Å². The topological polar surface area (TPSA) is 143 Å². The zero-order chi connectivity index (χ0) is 27.8. The molecule has 200 valence electrons. The molecule has 0 bridgehead atoms. The lowest BCUT2D eigenvalue weighted by Gasteiger charge is -2.11. The third-order valence-corrected chi connectivity index (χ3v) is 5.45. The summed E-state index contributed by atoms with van der Waals surface area (Å²) in [6, 6.07) is 10.5. The molecule has 0 saturated heterocycles. The minimum absolute atomic E-state index is 0.00692. The van der Waals surface area contributed by atoms with Crippen molar-refractivity contribution in [2.75, 3.05) is 17.7 Å². The highest BCUT2D eigenvalue weighted by Crippen LogP contribution is 2.25. The van der Waals surface area contributed by atoms with Gasteiger partial charge in [0, 0.05) is 11.8 Å². The average molecular weight is 553 g/mol. The summed E-state index contributed by atoms with van der Waals surface area (Å²) in [5.41, 5.74) is 0.444. The van der Waals surface area contributed by atoms with Gasteiger partial charge in [-0.15, -0.1) is 0 Å². The van der Waals surface area contributed by atoms with Crippen molar-refractivity contribution < 1.29 is 49.4 Å². The van der Waals surface area contributed by atoms with Crippen molar-refractivity contribution >= 4 is 39.0 Å². The van der Waals surface area contributed by atoms with Crippen LogP contribution < -0.4 is 20.1 Å². The maximum absolute atomic E-state index is 14.1. The maximum Gasteiger partial charge on any atom is 0.490 e. The molecule has 0 amide bonds. The Labute approximate surface area is 205 Å². The van der Waals surface area contributed by atoms with Gasteiger partial charge in [0.15, 0.2) is 0 Å². The molecule has 0 atom stereocenters. The van der Waals surface area contributed by atoms with Crippen LogP contribution in [0.2, 0.25) is 0 Å². The third kappa shape index (κ3) is 9.12. The molecule has 2 aromatic carbocycles. The lowest BCUT2D eigenvalue weighted by Crippen LogP contribution is -2.21. The molecule has 4 N–H and O–H groups in total. The van der Waals surface area contributed by atoms with Crippen molar-refractivity contribution in [2.45, 2.75) is 17.7 Å². The number of nitrogens with zero attached hydrogens (tertiary/aromatic N) is 2. The second-order valence-electron chi connectivity index (χ2n) is 6.59. The molecule has 0 spiro atoms. The molecule has 3 rings (SSSR count). The summed E-state index contributed by atoms with van der Waals surface area (Å²) in [4.78, 5) is 16.8. The number of alkyl halides is 5. The first-order chi connectivity index (χ1) is 17.2. The van der Waals surface area contributed by atoms with E-state index in [1.165, 1.54) is 43.7 Å². The lowest BCUT2D eigenvalue weighted by molar-refractivity contribution is -0.192. The van der Waals surface area contributed by atoms with Gasteiger partial charge in [0.05, 0.1) is 10.6 Å². The largest absolute Gasteiger partial charge is 0.490 e. The number of aliphatic carboxylic acids is 1. The Balaban J connectivity index is 0.000000604. The van der Waals surface area contributed by atoms with Gasteiger partial charge in [0.2, 0.25) is 10.0 Å². The minimum atomic E-state index is -5.08. The van der Waals surface area contributed by atoms with Gasteiger partial charge in [-0.05, 0) is 49.5 Å². The van der Waals surface area contributed by atoms with Crippen molar-refractivity contribution in [3.8, 4) is 5.75 Å². The zero-order valence-electron chi connectivity index (χ0n) is 18.4. The van der Waals surface area contributed by atoms with Crippen molar-refractivity contribution in [1.29, 1.82) is 0 Å². The number of sulfonamides is 1. The van der Waals surface area contributed by atoms with E-state index in [1.54, 1.807) is 0 Å². The lowest BCUT2D eigenvalue weighted by atomic mass is 10.3. The highest BCUT2D eigenvalue weighted by molar-refractivity contribution is 7.89. The normalized spacial score (nSPS) is 11.4. The Morgan fingerprint density at radius 1 is 1.00 bits per heavy atom. The molecule has 0 radical (unpaired) electrons. The van der Waals surface area contributed by atoms with E-state index in [0.717, 1.165) is 18.2 Å². The van der Waals surface area contributed by atoms with Crippen LogP contribution in [0.25, 0.3) is 0 Å². The number of rotatable bonds is 8. The summed E-state index contributed by atoms with van der Waals surface area (Å²) >= 11 is 0. The van der Waals surface area contributed by atoms with Crippen molar-refractivity contribution in [3.05, 3.63) is 60.7 Å². The molecule has 0 aliphatic rings. The number of benzene rings is 2. The first kappa shape index (κ1) is 29.1. The number of nitrogens with one attached hydrogen (secondary N) is 3. The smallest absolute Gasteiger partial charge is 0.475 e. The van der Waals surface area contributed by atoms with Crippen LogP contribution in [0.3, 0.4) is 0 Å². The van der Waals surface area contributed by atoms with Crippen molar-refractivity contribution in [3.63, 3.8) is 0 Å². The van der Waals surface area contributed by atoms with Crippen LogP contribution in [0.5, 0.6) is 5.75 Å². The van der Waals surface area contributed by atoms with E-state index in [0.29, 0.717) is 11.5 Å². The number of hydrogen-bond acceptors (Lipinski definition) is 8. The van der Waals surface area contributed by atoms with Crippen LogP contribution in [-0.2, 0) is 14.8 Å². The average Bonchev–Trinajstić information content (AvgIpc) is 2.81. The molecule has 37 heavy (non-hydrogen) atoms. The number of hydrogen-bond donors (Lipinski definition) is 4. The van der Waals surface area contributed by atoms with Gasteiger partial charge in [-0.2, -0.15) is 22.0 Å². The first-order valence-corrected chi connectivity index (χ1v) is 11.1. The van der Waals surface area contributed by atoms with E-state index in [4.69, 9.17) is 9.90 Å². The van der Waals surface area contributed by atoms with E-state index in [9.17, 15) is 34.8 Å². The molecule has 0 saturated carbocycles. The molecule has 10 nitrogen and oxygen atoms in total. The van der Waals surface area contributed by atoms with Gasteiger partial charge in [-0.25, -0.2) is 32.3 Å². The summed E-state index contributed by atoms with van der Waals surface area (Å²) in [5.74, 6) is -2.90. The molecule has 0 aliphatic carbocycles. The van der Waals surface area contributed by atoms with E-state index in [-0.39, 0.29) is 22.2 Å². The zero-order valence-corrected chi connectivity index (χ0v) is 19.2. The molecular weight excluding hydrogens is 536 g/mol. The maximum atomic E-state index is 14.1. The number of carbonyl (C=O) groups is 1. The Morgan fingerprint density at radius 3 is 2.08 bits per heavy atom. The molecular formula is C20H17F6N5O5S. The fourth-order valence-electron chi connectivity index (χ4n) is 2.38. The second-order valence-corrected chi connectivity index (χ2v) is 8.48. The molecule has 0 aliphatic heterocycles. The van der Waals surface area contributed by atoms with Gasteiger partial charge in [0.25, 0.3) is 0 Å². The number of carboxylic acid groups (broad SMARTS) is 1. The van der Waals surface area contributed by atoms with Crippen LogP contribution in [0.1, 0.15) is 0 Å². The van der Waals surface area contributed by atoms with E-state index in [2.05, 4.69) is 30.1 Å². The van der Waals surface area contributed by atoms with Gasteiger partial charge < -0.3 is 20.5 Å². The summed E-state index contributed by atoms with van der Waals surface area (Å²) in [6.07, 6.45) is -3.87. The predicted molar refractivity (Wildman–Crippen MR) is 118 cm³/mol. The molecule has 3 aromatic rings. The number of halogens is 6. The molecule has 0 unspecified atom stereocenters. The summed E-state index contributed by atoms with van der Waals surface area (Å²) in [7, 11) is -2.50. The Hall–Kier alpha value is -4.12. The minimum Gasteiger partial charge on any atom is -0.475 e. The standard InChI is InChI=1S/C18H16F3N5O3S.C2HF3O2/c1-22-30(27,28)13-6-7-14(19)15(8-13)26-17-9-16(23-10-24-17)25-11-2-4-12(5-3-11)29-18(20)21;3-2(4,5)1(6)7/h2-10,18,22H,1H3,(H2,23,24,25,26);(H,6,7). The highest BCUT2D eigenvalue weighted by Gasteiger charge is 2.38. The molecule has 1 heterocycles. The van der Waals surface area contributed by atoms with Crippen LogP contribution in [-0.4, -0.2) is 49.3 Å². The summed E-state index contributed by atoms with van der Waals surface area (Å²) in [5, 5.41) is 12.8. The Bertz CT molecular complexity index is 1320. The van der Waals surface area contributed by atoms with Crippen molar-refractivity contribution in [1.82, 2.24) is 14.7 Å². The van der Waals surface area contributed by atoms with E-state index in [1.807, 2.05) is 0 Å². The predicted octanol–water partition coefficient (Wildman–Crippen LogP) is 4.25. The fourth-order valence-corrected chi connectivity index (χ4v) is 3.14. The summed E-state index contributed by atoms with van der Waals surface area (Å²) in [6.45, 7) is -2.92. The van der Waals surface area contributed by atoms with E-state index >= 15 is 0 Å². The van der Waals surface area contributed by atoms with Crippen LogP contribution in [0, 0.1) is 5.82 Å². The number of anilines is 4. The van der Waals surface area contributed by atoms with Gasteiger partial charge in [-0.1, -0.05) is 0 Å². The number of ether oxygens (including phenoxy) is 1. The summed E-state index contributed by atoms with van der Waals surface area (Å²) < 4.78 is 101. The molecule has 0 fully saturated rings. The van der Waals surface area contributed by atoms with E-state index < -0.39 is 34.6 Å². The van der Waals surface area contributed by atoms with Crippen LogP contribution in [0.4, 0.5) is 49.4 Å². The highest BCUT2D eigenvalue weighted by atomic mass is 32.2. The van der Waals surface area contributed by atoms with Crippen LogP contribution in [0.15, 0.2) is 59.8 Å². The van der Waals surface area contributed by atoms with Crippen LogP contribution >= 0.6 is 0 Å². The third-order valence-electron chi connectivity index (χ3n) is 4.04. The number of carboxylic acids is 1. The fraction of sp³-hybridized carbons (Fsp3) is 0.150. The first-order valence-electron chi connectivity index (χ1n) is 9.65. The molecule has 1 aromatic heterocycles. The van der Waals surface area contributed by atoms with Crippen molar-refractivity contribution in [2.24, 2.45) is 0 Å². The Morgan fingerprint density at radius 2 is 1.57 bits per heavy atom. The molecule has 17 heteroatoms. The quantitative estimate of drug-likeness (QED) is 0.301. The Kier molecular flexibility index (Phi) is 9.61. The number of aromatic nitrogens is 2. The van der Waals surface area contributed by atoms with Gasteiger partial charge in [0.1, 0.15) is 29.5 Å². The van der Waals surface area contributed by atoms with Gasteiger partial charge in [-0.3, -0.25) is 0 Å².